The van der Waals surface area contributed by atoms with Crippen LogP contribution in [-0.2, 0) is 11.3 Å². The molecule has 2 aromatic rings. The molecule has 0 aliphatic heterocycles. The molecule has 20 heavy (non-hydrogen) atoms. The predicted molar refractivity (Wildman–Crippen MR) is 75.1 cm³/mol. The number of hydrogen-bond acceptors (Lipinski definition) is 3. The second-order valence-corrected chi connectivity index (χ2v) is 4.23. The third-order valence-corrected chi connectivity index (χ3v) is 2.78. The van der Waals surface area contributed by atoms with E-state index in [1.54, 1.807) is 41.2 Å². The summed E-state index contributed by atoms with van der Waals surface area (Å²) in [5.41, 5.74) is 0.887. The molecule has 5 nitrogen and oxygen atoms in total. The molecule has 0 aliphatic carbocycles. The first-order chi connectivity index (χ1) is 9.69. The van der Waals surface area contributed by atoms with Gasteiger partial charge in [-0.1, -0.05) is 12.1 Å². The van der Waals surface area contributed by atoms with Crippen molar-refractivity contribution < 1.29 is 4.79 Å². The number of pyridine rings is 1. The molecule has 1 aromatic heterocycles. The Kier molecular flexibility index (Phi) is 4.30. The van der Waals surface area contributed by atoms with E-state index in [9.17, 15) is 9.59 Å². The lowest BCUT2D eigenvalue weighted by molar-refractivity contribution is -0.116. The van der Waals surface area contributed by atoms with Crippen molar-refractivity contribution in [1.29, 1.82) is 5.26 Å². The van der Waals surface area contributed by atoms with Gasteiger partial charge in [-0.15, -0.1) is 0 Å². The van der Waals surface area contributed by atoms with Gasteiger partial charge >= 0.3 is 0 Å². The minimum absolute atomic E-state index is 0.0614. The normalized spacial score (nSPS) is 9.75. The molecule has 0 aliphatic rings. The van der Waals surface area contributed by atoms with E-state index < -0.39 is 0 Å². The molecule has 0 bridgehead atoms. The molecule has 5 heteroatoms. The van der Waals surface area contributed by atoms with Crippen molar-refractivity contribution in [3.8, 4) is 6.07 Å². The number of anilines is 1. The largest absolute Gasteiger partial charge is 0.353 e. The van der Waals surface area contributed by atoms with Gasteiger partial charge in [0.15, 0.2) is 5.43 Å². The monoisotopic (exact) mass is 267 g/mol. The van der Waals surface area contributed by atoms with E-state index in [-0.39, 0.29) is 17.8 Å². The van der Waals surface area contributed by atoms with Crippen LogP contribution < -0.4 is 10.7 Å². The summed E-state index contributed by atoms with van der Waals surface area (Å²) in [7, 11) is 0. The molecular formula is C15H13N3O2. The number of nitrogens with one attached hydrogen (secondary N) is 1. The number of benzene rings is 1. The smallest absolute Gasteiger partial charge is 0.226 e. The number of hydrogen-bond donors (Lipinski definition) is 1. The fraction of sp³-hybridized carbons (Fsp3) is 0.133. The van der Waals surface area contributed by atoms with E-state index >= 15 is 0 Å². The van der Waals surface area contributed by atoms with Crippen LogP contribution in [0.15, 0.2) is 53.6 Å². The van der Waals surface area contributed by atoms with Crippen molar-refractivity contribution in [2.45, 2.75) is 13.0 Å². The fourth-order valence-electron chi connectivity index (χ4n) is 1.73. The zero-order valence-electron chi connectivity index (χ0n) is 10.7. The van der Waals surface area contributed by atoms with E-state index in [0.717, 1.165) is 0 Å². The Bertz CT molecular complexity index is 693. The summed E-state index contributed by atoms with van der Waals surface area (Å²) in [5.74, 6) is -0.175. The number of nitriles is 1. The van der Waals surface area contributed by atoms with Gasteiger partial charge in [0.2, 0.25) is 5.91 Å². The molecule has 0 atom stereocenters. The Morgan fingerprint density at radius 2 is 1.90 bits per heavy atom. The van der Waals surface area contributed by atoms with Crippen LogP contribution in [0, 0.1) is 11.3 Å². The Morgan fingerprint density at radius 3 is 2.60 bits per heavy atom. The summed E-state index contributed by atoms with van der Waals surface area (Å²) in [6.45, 7) is 0.473. The molecule has 0 unspecified atom stereocenters. The van der Waals surface area contributed by atoms with Crippen molar-refractivity contribution in [2.75, 3.05) is 5.32 Å². The summed E-state index contributed by atoms with van der Waals surface area (Å²) >= 11 is 0. The van der Waals surface area contributed by atoms with E-state index in [0.29, 0.717) is 17.8 Å². The summed E-state index contributed by atoms with van der Waals surface area (Å²) < 4.78 is 1.76. The van der Waals surface area contributed by atoms with Crippen molar-refractivity contribution >= 4 is 11.6 Å². The molecule has 1 amide bonds. The van der Waals surface area contributed by atoms with Crippen LogP contribution in [0.1, 0.15) is 12.0 Å². The van der Waals surface area contributed by atoms with E-state index in [4.69, 9.17) is 5.26 Å². The highest BCUT2D eigenvalue weighted by Gasteiger charge is 2.05. The van der Waals surface area contributed by atoms with Crippen molar-refractivity contribution in [1.82, 2.24) is 4.57 Å². The summed E-state index contributed by atoms with van der Waals surface area (Å²) in [6.07, 6.45) is 3.54. The minimum Gasteiger partial charge on any atom is -0.353 e. The maximum absolute atomic E-state index is 11.8. The summed E-state index contributed by atoms with van der Waals surface area (Å²) in [6, 6.07) is 11.8. The lowest BCUT2D eigenvalue weighted by atomic mass is 10.2. The number of para-hydroxylation sites is 1. The minimum atomic E-state index is -0.175. The van der Waals surface area contributed by atoms with E-state index in [1.807, 2.05) is 6.07 Å². The molecule has 1 aromatic carbocycles. The molecule has 100 valence electrons. The number of carbonyl (C=O) groups is 1. The van der Waals surface area contributed by atoms with Gasteiger partial charge in [0.25, 0.3) is 0 Å². The van der Waals surface area contributed by atoms with Gasteiger partial charge in [-0.2, -0.15) is 5.26 Å². The van der Waals surface area contributed by atoms with Gasteiger partial charge in [0, 0.05) is 37.5 Å². The SMILES string of the molecule is N#Cc1ccccc1NC(=O)CCn1ccc(=O)cc1. The predicted octanol–water partition coefficient (Wildman–Crippen LogP) is 1.75. The van der Waals surface area contributed by atoms with Crippen LogP contribution in [-0.4, -0.2) is 10.5 Å². The second-order valence-electron chi connectivity index (χ2n) is 4.23. The Morgan fingerprint density at radius 1 is 1.20 bits per heavy atom. The number of carbonyl (C=O) groups excluding carboxylic acids is 1. The number of amides is 1. The van der Waals surface area contributed by atoms with Crippen LogP contribution in [0.5, 0.6) is 0 Å². The molecular weight excluding hydrogens is 254 g/mol. The Balaban J connectivity index is 1.94. The quantitative estimate of drug-likeness (QED) is 0.917. The number of aryl methyl sites for hydroxylation is 1. The van der Waals surface area contributed by atoms with Gasteiger partial charge < -0.3 is 9.88 Å². The second kappa shape index (κ2) is 6.34. The van der Waals surface area contributed by atoms with Gasteiger partial charge in [-0.3, -0.25) is 9.59 Å². The maximum atomic E-state index is 11.8. The van der Waals surface area contributed by atoms with Crippen molar-refractivity contribution in [3.63, 3.8) is 0 Å². The summed E-state index contributed by atoms with van der Waals surface area (Å²) in [5, 5.41) is 11.6. The van der Waals surface area contributed by atoms with Crippen molar-refractivity contribution in [2.24, 2.45) is 0 Å². The molecule has 2 rings (SSSR count). The molecule has 0 saturated carbocycles. The van der Waals surface area contributed by atoms with Gasteiger partial charge in [0.1, 0.15) is 6.07 Å². The van der Waals surface area contributed by atoms with E-state index in [1.165, 1.54) is 12.1 Å². The Hall–Kier alpha value is -2.87. The molecule has 1 heterocycles. The molecule has 0 radical (unpaired) electrons. The highest BCUT2D eigenvalue weighted by Crippen LogP contribution is 2.13. The van der Waals surface area contributed by atoms with Crippen LogP contribution in [0.3, 0.4) is 0 Å². The number of nitrogens with zero attached hydrogens (tertiary/aromatic N) is 2. The van der Waals surface area contributed by atoms with Crippen molar-refractivity contribution in [3.05, 3.63) is 64.6 Å². The Labute approximate surface area is 116 Å². The molecule has 1 N–H and O–H groups in total. The zero-order valence-corrected chi connectivity index (χ0v) is 10.7. The summed E-state index contributed by atoms with van der Waals surface area (Å²) in [4.78, 5) is 22.8. The van der Waals surface area contributed by atoms with E-state index in [2.05, 4.69) is 5.32 Å². The van der Waals surface area contributed by atoms with Gasteiger partial charge in [-0.25, -0.2) is 0 Å². The highest BCUT2D eigenvalue weighted by atomic mass is 16.1. The van der Waals surface area contributed by atoms with Crippen LogP contribution in [0.25, 0.3) is 0 Å². The first-order valence-corrected chi connectivity index (χ1v) is 6.14. The first-order valence-electron chi connectivity index (χ1n) is 6.14. The average molecular weight is 267 g/mol. The zero-order chi connectivity index (χ0) is 14.4. The average Bonchev–Trinajstić information content (AvgIpc) is 2.47. The highest BCUT2D eigenvalue weighted by molar-refractivity contribution is 5.92. The fourth-order valence-corrected chi connectivity index (χ4v) is 1.73. The first kappa shape index (κ1) is 13.6. The number of aromatic nitrogens is 1. The third-order valence-electron chi connectivity index (χ3n) is 2.78. The van der Waals surface area contributed by atoms with Crippen LogP contribution in [0.4, 0.5) is 5.69 Å². The van der Waals surface area contributed by atoms with Crippen LogP contribution in [0.2, 0.25) is 0 Å². The van der Waals surface area contributed by atoms with Gasteiger partial charge in [-0.05, 0) is 12.1 Å². The maximum Gasteiger partial charge on any atom is 0.226 e. The molecule has 0 saturated heterocycles. The third kappa shape index (κ3) is 3.56. The topological polar surface area (TPSA) is 74.9 Å². The standard InChI is InChI=1S/C15H13N3O2/c16-11-12-3-1-2-4-14(12)17-15(20)7-10-18-8-5-13(19)6-9-18/h1-6,8-9H,7,10H2,(H,17,20). The number of rotatable bonds is 4. The van der Waals surface area contributed by atoms with Gasteiger partial charge in [0.05, 0.1) is 11.3 Å². The molecule has 0 spiro atoms. The lowest BCUT2D eigenvalue weighted by Gasteiger charge is -2.08. The van der Waals surface area contributed by atoms with Crippen LogP contribution >= 0.6 is 0 Å². The molecule has 0 fully saturated rings. The lowest BCUT2D eigenvalue weighted by Crippen LogP contribution is -2.15.